The second-order valence-electron chi connectivity index (χ2n) is 6.30. The number of hydrogen-bond donors (Lipinski definition) is 2. The van der Waals surface area contributed by atoms with Crippen LogP contribution in [0.25, 0.3) is 6.08 Å². The molecule has 0 saturated heterocycles. The van der Waals surface area contributed by atoms with Crippen molar-refractivity contribution in [3.63, 3.8) is 0 Å². The molecule has 0 aliphatic carbocycles. The van der Waals surface area contributed by atoms with Gasteiger partial charge in [0.2, 0.25) is 0 Å². The predicted octanol–water partition coefficient (Wildman–Crippen LogP) is 4.83. The molecule has 0 fully saturated rings. The van der Waals surface area contributed by atoms with Crippen molar-refractivity contribution in [3.8, 4) is 5.75 Å². The summed E-state index contributed by atoms with van der Waals surface area (Å²) in [7, 11) is 1.56. The molecule has 0 heterocycles. The Labute approximate surface area is 180 Å². The van der Waals surface area contributed by atoms with Crippen LogP contribution in [-0.4, -0.2) is 25.2 Å². The van der Waals surface area contributed by atoms with Crippen molar-refractivity contribution in [1.82, 2.24) is 5.32 Å². The van der Waals surface area contributed by atoms with Crippen molar-refractivity contribution in [3.05, 3.63) is 95.7 Å². The zero-order valence-corrected chi connectivity index (χ0v) is 17.5. The van der Waals surface area contributed by atoms with E-state index in [1.165, 1.54) is 0 Å². The SMILES string of the molecule is COc1ccccc1/C=C(\NC(=O)c1ccccc1)C(=O)Nc1ccc(SC)cc1. The molecule has 0 bridgehead atoms. The van der Waals surface area contributed by atoms with Crippen LogP contribution in [0.3, 0.4) is 0 Å². The van der Waals surface area contributed by atoms with Gasteiger partial charge in [-0.25, -0.2) is 0 Å². The molecule has 152 valence electrons. The lowest BCUT2D eigenvalue weighted by Crippen LogP contribution is -2.30. The molecule has 0 aromatic heterocycles. The summed E-state index contributed by atoms with van der Waals surface area (Å²) in [5.41, 5.74) is 1.89. The van der Waals surface area contributed by atoms with Gasteiger partial charge in [-0.05, 0) is 54.8 Å². The molecule has 30 heavy (non-hydrogen) atoms. The number of para-hydroxylation sites is 1. The smallest absolute Gasteiger partial charge is 0.272 e. The van der Waals surface area contributed by atoms with E-state index in [9.17, 15) is 9.59 Å². The van der Waals surface area contributed by atoms with Gasteiger partial charge in [0.25, 0.3) is 11.8 Å². The summed E-state index contributed by atoms with van der Waals surface area (Å²) in [4.78, 5) is 26.8. The van der Waals surface area contributed by atoms with Gasteiger partial charge in [-0.15, -0.1) is 11.8 Å². The highest BCUT2D eigenvalue weighted by atomic mass is 32.2. The van der Waals surface area contributed by atoms with Crippen molar-refractivity contribution in [2.24, 2.45) is 0 Å². The van der Waals surface area contributed by atoms with Gasteiger partial charge in [0.15, 0.2) is 0 Å². The van der Waals surface area contributed by atoms with Crippen LogP contribution in [0, 0.1) is 0 Å². The van der Waals surface area contributed by atoms with Gasteiger partial charge < -0.3 is 15.4 Å². The summed E-state index contributed by atoms with van der Waals surface area (Å²) in [6, 6.07) is 23.5. The van der Waals surface area contributed by atoms with Crippen LogP contribution in [0.5, 0.6) is 5.75 Å². The Morgan fingerprint density at radius 2 is 1.57 bits per heavy atom. The van der Waals surface area contributed by atoms with Gasteiger partial charge in [0.1, 0.15) is 11.4 Å². The number of carbonyl (C=O) groups is 2. The Morgan fingerprint density at radius 1 is 0.900 bits per heavy atom. The van der Waals surface area contributed by atoms with Gasteiger partial charge in [0.05, 0.1) is 7.11 Å². The third-order valence-corrected chi connectivity index (χ3v) is 5.06. The molecule has 2 N–H and O–H groups in total. The molecule has 0 unspecified atom stereocenters. The van der Waals surface area contributed by atoms with E-state index in [4.69, 9.17) is 4.74 Å². The van der Waals surface area contributed by atoms with E-state index in [2.05, 4.69) is 10.6 Å². The van der Waals surface area contributed by atoms with E-state index in [-0.39, 0.29) is 11.6 Å². The maximum atomic E-state index is 13.0. The Morgan fingerprint density at radius 3 is 2.23 bits per heavy atom. The zero-order chi connectivity index (χ0) is 21.3. The molecule has 0 spiro atoms. The number of anilines is 1. The number of methoxy groups -OCH3 is 1. The minimum absolute atomic E-state index is 0.113. The second-order valence-corrected chi connectivity index (χ2v) is 7.18. The molecule has 0 saturated carbocycles. The monoisotopic (exact) mass is 418 g/mol. The molecular weight excluding hydrogens is 396 g/mol. The molecule has 5 nitrogen and oxygen atoms in total. The van der Waals surface area contributed by atoms with Gasteiger partial charge in [-0.1, -0.05) is 36.4 Å². The van der Waals surface area contributed by atoms with Crippen LogP contribution in [0.15, 0.2) is 89.5 Å². The Kier molecular flexibility index (Phi) is 7.29. The number of carbonyl (C=O) groups excluding carboxylic acids is 2. The van der Waals surface area contributed by atoms with E-state index >= 15 is 0 Å². The molecule has 3 rings (SSSR count). The Balaban J connectivity index is 1.90. The standard InChI is InChI=1S/C24H22N2O3S/c1-29-22-11-7-6-10-18(22)16-21(26-23(27)17-8-4-3-5-9-17)24(28)25-19-12-14-20(30-2)15-13-19/h3-16H,1-2H3,(H,25,28)(H,26,27)/b21-16-. The topological polar surface area (TPSA) is 67.4 Å². The van der Waals surface area contributed by atoms with Crippen LogP contribution in [0.2, 0.25) is 0 Å². The summed E-state index contributed by atoms with van der Waals surface area (Å²) < 4.78 is 5.37. The zero-order valence-electron chi connectivity index (χ0n) is 16.7. The first kappa shape index (κ1) is 21.2. The fourth-order valence-corrected chi connectivity index (χ4v) is 3.16. The average Bonchev–Trinajstić information content (AvgIpc) is 2.80. The number of ether oxygens (including phenoxy) is 1. The van der Waals surface area contributed by atoms with Crippen molar-refractivity contribution >= 4 is 35.3 Å². The lowest BCUT2D eigenvalue weighted by Gasteiger charge is -2.12. The number of thioether (sulfide) groups is 1. The predicted molar refractivity (Wildman–Crippen MR) is 122 cm³/mol. The number of rotatable bonds is 7. The van der Waals surface area contributed by atoms with Gasteiger partial charge >= 0.3 is 0 Å². The van der Waals surface area contributed by atoms with Crippen LogP contribution in [0.1, 0.15) is 15.9 Å². The summed E-state index contributed by atoms with van der Waals surface area (Å²) in [5.74, 6) is -0.201. The maximum Gasteiger partial charge on any atom is 0.272 e. The Bertz CT molecular complexity index is 1050. The van der Waals surface area contributed by atoms with Gasteiger partial charge in [-0.3, -0.25) is 9.59 Å². The summed E-state index contributed by atoms with van der Waals surface area (Å²) in [5, 5.41) is 5.56. The highest BCUT2D eigenvalue weighted by Crippen LogP contribution is 2.21. The Hall–Kier alpha value is -3.51. The lowest BCUT2D eigenvalue weighted by atomic mass is 10.1. The molecular formula is C24H22N2O3S. The highest BCUT2D eigenvalue weighted by Gasteiger charge is 2.16. The van der Waals surface area contributed by atoms with Crippen LogP contribution in [-0.2, 0) is 4.79 Å². The molecule has 0 aliphatic heterocycles. The third kappa shape index (κ3) is 5.52. The van der Waals surface area contributed by atoms with Crippen LogP contribution < -0.4 is 15.4 Å². The van der Waals surface area contributed by atoms with Crippen LogP contribution in [0.4, 0.5) is 5.69 Å². The fraction of sp³-hybridized carbons (Fsp3) is 0.0833. The van der Waals surface area contributed by atoms with E-state index in [1.54, 1.807) is 55.3 Å². The quantitative estimate of drug-likeness (QED) is 0.426. The summed E-state index contributed by atoms with van der Waals surface area (Å²) >= 11 is 1.62. The minimum atomic E-state index is -0.429. The summed E-state index contributed by atoms with van der Waals surface area (Å²) in [6.07, 6.45) is 3.59. The van der Waals surface area contributed by atoms with Crippen molar-refractivity contribution in [1.29, 1.82) is 0 Å². The minimum Gasteiger partial charge on any atom is -0.496 e. The highest BCUT2D eigenvalue weighted by molar-refractivity contribution is 7.98. The first-order valence-electron chi connectivity index (χ1n) is 9.27. The van der Waals surface area contributed by atoms with Crippen LogP contribution >= 0.6 is 11.8 Å². The molecule has 0 aliphatic rings. The normalized spacial score (nSPS) is 10.9. The molecule has 0 atom stereocenters. The number of nitrogens with one attached hydrogen (secondary N) is 2. The van der Waals surface area contributed by atoms with Crippen molar-refractivity contribution in [2.75, 3.05) is 18.7 Å². The van der Waals surface area contributed by atoms with E-state index < -0.39 is 5.91 Å². The second kappa shape index (κ2) is 10.3. The first-order valence-corrected chi connectivity index (χ1v) is 10.5. The largest absolute Gasteiger partial charge is 0.496 e. The van der Waals surface area contributed by atoms with E-state index in [0.29, 0.717) is 22.6 Å². The van der Waals surface area contributed by atoms with Gasteiger partial charge in [-0.2, -0.15) is 0 Å². The number of amides is 2. The molecule has 0 radical (unpaired) electrons. The van der Waals surface area contributed by atoms with Gasteiger partial charge in [0, 0.05) is 21.7 Å². The van der Waals surface area contributed by atoms with Crippen molar-refractivity contribution in [2.45, 2.75) is 4.90 Å². The van der Waals surface area contributed by atoms with Crippen molar-refractivity contribution < 1.29 is 14.3 Å². The number of hydrogen-bond acceptors (Lipinski definition) is 4. The maximum absolute atomic E-state index is 13.0. The molecule has 2 amide bonds. The first-order chi connectivity index (χ1) is 14.6. The third-order valence-electron chi connectivity index (χ3n) is 4.32. The lowest BCUT2D eigenvalue weighted by molar-refractivity contribution is -0.113. The molecule has 3 aromatic rings. The fourth-order valence-electron chi connectivity index (χ4n) is 2.76. The molecule has 6 heteroatoms. The molecule has 3 aromatic carbocycles. The van der Waals surface area contributed by atoms with E-state index in [0.717, 1.165) is 4.90 Å². The summed E-state index contributed by atoms with van der Waals surface area (Å²) in [6.45, 7) is 0. The number of benzene rings is 3. The van der Waals surface area contributed by atoms with E-state index in [1.807, 2.05) is 54.8 Å². The average molecular weight is 419 g/mol.